The molecule has 5 heteroatoms. The molecule has 0 rings (SSSR count). The third kappa shape index (κ3) is 6.42. The van der Waals surface area contributed by atoms with Crippen molar-refractivity contribution in [2.75, 3.05) is 19.8 Å². The van der Waals surface area contributed by atoms with E-state index >= 15 is 0 Å². The summed E-state index contributed by atoms with van der Waals surface area (Å²) in [4.78, 5) is 21.2. The molecule has 0 spiro atoms. The molecule has 82 valence electrons. The van der Waals surface area contributed by atoms with Crippen LogP contribution in [-0.2, 0) is 19.1 Å². The Bertz CT molecular complexity index is 190. The molecule has 1 N–H and O–H groups in total. The fourth-order valence-corrected chi connectivity index (χ4v) is 0.702. The number of esters is 2. The summed E-state index contributed by atoms with van der Waals surface area (Å²) in [6.45, 7) is 2.94. The Kier molecular flexibility index (Phi) is 6.74. The van der Waals surface area contributed by atoms with Crippen LogP contribution in [0, 0.1) is 5.92 Å². The van der Waals surface area contributed by atoms with E-state index in [4.69, 9.17) is 9.84 Å². The molecular formula is C9H16O5. The fraction of sp³-hybridized carbons (Fsp3) is 0.778. The van der Waals surface area contributed by atoms with Gasteiger partial charge in [-0.25, -0.2) is 0 Å². The molecule has 0 saturated carbocycles. The van der Waals surface area contributed by atoms with Gasteiger partial charge >= 0.3 is 11.9 Å². The zero-order valence-electron chi connectivity index (χ0n) is 8.49. The van der Waals surface area contributed by atoms with Crippen LogP contribution in [0.4, 0.5) is 0 Å². The quantitative estimate of drug-likeness (QED) is 0.622. The molecule has 0 aliphatic rings. The van der Waals surface area contributed by atoms with Crippen molar-refractivity contribution in [3.8, 4) is 0 Å². The van der Waals surface area contributed by atoms with Gasteiger partial charge in [-0.3, -0.25) is 9.59 Å². The molecule has 5 nitrogen and oxygen atoms in total. The molecule has 1 unspecified atom stereocenters. The van der Waals surface area contributed by atoms with Crippen LogP contribution in [0.5, 0.6) is 0 Å². The van der Waals surface area contributed by atoms with E-state index in [0.717, 1.165) is 0 Å². The Labute approximate surface area is 83.0 Å². The lowest BCUT2D eigenvalue weighted by atomic mass is 10.2. The summed E-state index contributed by atoms with van der Waals surface area (Å²) in [6, 6.07) is 0. The molecule has 0 aromatic heterocycles. The van der Waals surface area contributed by atoms with Gasteiger partial charge in [-0.15, -0.1) is 0 Å². The summed E-state index contributed by atoms with van der Waals surface area (Å²) >= 11 is 0. The summed E-state index contributed by atoms with van der Waals surface area (Å²) in [5, 5.41) is 8.84. The van der Waals surface area contributed by atoms with Gasteiger partial charge in [0.25, 0.3) is 0 Å². The maximum Gasteiger partial charge on any atom is 0.305 e. The fourth-order valence-electron chi connectivity index (χ4n) is 0.702. The number of hydrogen-bond acceptors (Lipinski definition) is 5. The number of rotatable bonds is 6. The number of carbonyl (C=O) groups excluding carboxylic acids is 2. The summed E-state index contributed by atoms with van der Waals surface area (Å²) < 4.78 is 9.46. The lowest BCUT2D eigenvalue weighted by molar-refractivity contribution is -0.148. The third-order valence-corrected chi connectivity index (χ3v) is 1.55. The number of ether oxygens (including phenoxy) is 2. The molecule has 0 amide bonds. The van der Waals surface area contributed by atoms with Crippen molar-refractivity contribution in [3.63, 3.8) is 0 Å². The Balaban J connectivity index is 3.68. The van der Waals surface area contributed by atoms with Gasteiger partial charge in [0.05, 0.1) is 25.7 Å². The summed E-state index contributed by atoms with van der Waals surface area (Å²) in [5.41, 5.74) is 0. The van der Waals surface area contributed by atoms with Gasteiger partial charge in [0.15, 0.2) is 0 Å². The normalized spacial score (nSPS) is 11.9. The topological polar surface area (TPSA) is 72.8 Å². The first-order chi connectivity index (χ1) is 6.60. The van der Waals surface area contributed by atoms with Gasteiger partial charge in [-0.2, -0.15) is 0 Å². The zero-order chi connectivity index (χ0) is 11.0. The maximum atomic E-state index is 10.8. The predicted octanol–water partition coefficient (Wildman–Crippen LogP) is 0.111. The standard InChI is InChI=1S/C9H16O5/c1-3-9(12)14-6-8(4-10)5-13-7(2)11/h8,10H,3-6H2,1-2H3. The molecule has 0 fully saturated rings. The smallest absolute Gasteiger partial charge is 0.305 e. The first kappa shape index (κ1) is 12.9. The van der Waals surface area contributed by atoms with E-state index in [9.17, 15) is 9.59 Å². The summed E-state index contributed by atoms with van der Waals surface area (Å²) in [5.74, 6) is -1.08. The van der Waals surface area contributed by atoms with E-state index in [0.29, 0.717) is 6.42 Å². The molecule has 14 heavy (non-hydrogen) atoms. The van der Waals surface area contributed by atoms with Gasteiger partial charge in [0, 0.05) is 13.3 Å². The van der Waals surface area contributed by atoms with Crippen molar-refractivity contribution < 1.29 is 24.2 Å². The van der Waals surface area contributed by atoms with Crippen LogP contribution in [-0.4, -0.2) is 36.9 Å². The highest BCUT2D eigenvalue weighted by molar-refractivity contribution is 5.68. The Morgan fingerprint density at radius 1 is 1.29 bits per heavy atom. The zero-order valence-corrected chi connectivity index (χ0v) is 8.49. The average molecular weight is 204 g/mol. The first-order valence-electron chi connectivity index (χ1n) is 4.50. The van der Waals surface area contributed by atoms with Gasteiger partial charge in [0.2, 0.25) is 0 Å². The lowest BCUT2D eigenvalue weighted by Gasteiger charge is -2.13. The third-order valence-electron chi connectivity index (χ3n) is 1.55. The van der Waals surface area contributed by atoms with Crippen LogP contribution in [0.25, 0.3) is 0 Å². The number of aliphatic hydroxyl groups is 1. The van der Waals surface area contributed by atoms with E-state index < -0.39 is 5.97 Å². The number of aliphatic hydroxyl groups excluding tert-OH is 1. The average Bonchev–Trinajstić information content (AvgIpc) is 2.17. The highest BCUT2D eigenvalue weighted by Crippen LogP contribution is 1.99. The van der Waals surface area contributed by atoms with E-state index in [1.165, 1.54) is 6.92 Å². The van der Waals surface area contributed by atoms with E-state index in [1.54, 1.807) is 6.92 Å². The Hall–Kier alpha value is -1.10. The van der Waals surface area contributed by atoms with E-state index in [1.807, 2.05) is 0 Å². The minimum Gasteiger partial charge on any atom is -0.465 e. The van der Waals surface area contributed by atoms with Crippen molar-refractivity contribution in [3.05, 3.63) is 0 Å². The van der Waals surface area contributed by atoms with E-state index in [-0.39, 0.29) is 31.7 Å². The molecule has 0 heterocycles. The van der Waals surface area contributed by atoms with Crippen LogP contribution >= 0.6 is 0 Å². The molecule has 0 saturated heterocycles. The first-order valence-corrected chi connectivity index (χ1v) is 4.50. The van der Waals surface area contributed by atoms with Gasteiger partial charge in [0.1, 0.15) is 0 Å². The molecule has 0 aromatic carbocycles. The number of carbonyl (C=O) groups is 2. The molecular weight excluding hydrogens is 188 g/mol. The van der Waals surface area contributed by atoms with Crippen LogP contribution in [0.2, 0.25) is 0 Å². The van der Waals surface area contributed by atoms with Gasteiger partial charge < -0.3 is 14.6 Å². The van der Waals surface area contributed by atoms with E-state index in [2.05, 4.69) is 4.74 Å². The minimum atomic E-state index is -0.412. The highest BCUT2D eigenvalue weighted by Gasteiger charge is 2.11. The van der Waals surface area contributed by atoms with Crippen molar-refractivity contribution in [2.24, 2.45) is 5.92 Å². The summed E-state index contributed by atoms with van der Waals surface area (Å²) in [7, 11) is 0. The Morgan fingerprint density at radius 2 is 1.86 bits per heavy atom. The minimum absolute atomic E-state index is 0.0722. The second-order valence-electron chi connectivity index (χ2n) is 2.89. The van der Waals surface area contributed by atoms with Crippen molar-refractivity contribution in [1.82, 2.24) is 0 Å². The van der Waals surface area contributed by atoms with Crippen LogP contribution in [0.3, 0.4) is 0 Å². The lowest BCUT2D eigenvalue weighted by Crippen LogP contribution is -2.22. The molecule has 1 atom stereocenters. The molecule has 0 aliphatic carbocycles. The van der Waals surface area contributed by atoms with Crippen LogP contribution in [0.15, 0.2) is 0 Å². The predicted molar refractivity (Wildman–Crippen MR) is 48.5 cm³/mol. The highest BCUT2D eigenvalue weighted by atomic mass is 16.5. The van der Waals surface area contributed by atoms with Crippen molar-refractivity contribution in [1.29, 1.82) is 0 Å². The van der Waals surface area contributed by atoms with Crippen LogP contribution < -0.4 is 0 Å². The monoisotopic (exact) mass is 204 g/mol. The van der Waals surface area contributed by atoms with Gasteiger partial charge in [-0.05, 0) is 0 Å². The Morgan fingerprint density at radius 3 is 2.29 bits per heavy atom. The van der Waals surface area contributed by atoms with Crippen LogP contribution in [0.1, 0.15) is 20.3 Å². The SMILES string of the molecule is CCC(=O)OCC(CO)COC(C)=O. The molecule has 0 radical (unpaired) electrons. The van der Waals surface area contributed by atoms with Crippen molar-refractivity contribution >= 4 is 11.9 Å². The number of hydrogen-bond donors (Lipinski definition) is 1. The molecule has 0 aliphatic heterocycles. The second-order valence-corrected chi connectivity index (χ2v) is 2.89. The van der Waals surface area contributed by atoms with Gasteiger partial charge in [-0.1, -0.05) is 6.92 Å². The second kappa shape index (κ2) is 7.32. The maximum absolute atomic E-state index is 10.8. The molecule has 0 aromatic rings. The summed E-state index contributed by atoms with van der Waals surface area (Å²) in [6.07, 6.45) is 0.297. The largest absolute Gasteiger partial charge is 0.465 e. The molecule has 0 bridgehead atoms. The van der Waals surface area contributed by atoms with Crippen molar-refractivity contribution in [2.45, 2.75) is 20.3 Å².